The van der Waals surface area contributed by atoms with Crippen LogP contribution in [0.2, 0.25) is 0 Å². The van der Waals surface area contributed by atoms with Gasteiger partial charge >= 0.3 is 0 Å². The van der Waals surface area contributed by atoms with Gasteiger partial charge in [-0.3, -0.25) is 4.79 Å². The Morgan fingerprint density at radius 1 is 1.14 bits per heavy atom. The molecule has 0 N–H and O–H groups in total. The highest BCUT2D eigenvalue weighted by Crippen LogP contribution is 2.21. The molecule has 0 bridgehead atoms. The van der Waals surface area contributed by atoms with E-state index in [1.807, 2.05) is 0 Å². The highest BCUT2D eigenvalue weighted by atomic mass is 32.2. The lowest BCUT2D eigenvalue weighted by Crippen LogP contribution is -2.36. The third kappa shape index (κ3) is 3.38. The minimum atomic E-state index is -4.03. The number of carbonyl (C=O) groups is 1. The minimum absolute atomic E-state index is 0.0960. The van der Waals surface area contributed by atoms with Crippen LogP contribution in [0.1, 0.15) is 13.3 Å². The molecule has 0 atom stereocenters. The molecule has 21 heavy (non-hydrogen) atoms. The van der Waals surface area contributed by atoms with Gasteiger partial charge < -0.3 is 4.90 Å². The molecule has 0 aromatic heterocycles. The number of hydrogen-bond donors (Lipinski definition) is 0. The average Bonchev–Trinajstić information content (AvgIpc) is 2.64. The van der Waals surface area contributed by atoms with E-state index in [-0.39, 0.29) is 25.5 Å². The van der Waals surface area contributed by atoms with Crippen LogP contribution in [0, 0.1) is 11.6 Å². The number of rotatable bonds is 2. The molecule has 1 aromatic carbocycles. The Hall–Kier alpha value is -1.54. The second-order valence-corrected chi connectivity index (χ2v) is 6.74. The summed E-state index contributed by atoms with van der Waals surface area (Å²) in [5.41, 5.74) is 0. The van der Waals surface area contributed by atoms with Crippen LogP contribution in [0.25, 0.3) is 0 Å². The SMILES string of the molecule is CC(=O)N1CCCN(S(=O)(=O)c2ccc(F)cc2F)CC1. The molecule has 0 aliphatic carbocycles. The number of carbonyl (C=O) groups excluding carboxylic acids is 1. The number of hydrogen-bond acceptors (Lipinski definition) is 3. The summed E-state index contributed by atoms with van der Waals surface area (Å²) in [7, 11) is -4.03. The van der Waals surface area contributed by atoms with E-state index in [4.69, 9.17) is 0 Å². The number of sulfonamides is 1. The van der Waals surface area contributed by atoms with Crippen LogP contribution in [0.5, 0.6) is 0 Å². The predicted molar refractivity (Wildman–Crippen MR) is 72.0 cm³/mol. The summed E-state index contributed by atoms with van der Waals surface area (Å²) in [5, 5.41) is 0. The van der Waals surface area contributed by atoms with E-state index in [0.29, 0.717) is 19.0 Å². The molecule has 0 unspecified atom stereocenters. The highest BCUT2D eigenvalue weighted by Gasteiger charge is 2.29. The summed E-state index contributed by atoms with van der Waals surface area (Å²) >= 11 is 0. The Morgan fingerprint density at radius 3 is 2.48 bits per heavy atom. The van der Waals surface area contributed by atoms with E-state index < -0.39 is 26.6 Å². The molecule has 1 aromatic rings. The Balaban J connectivity index is 2.25. The van der Waals surface area contributed by atoms with Crippen molar-refractivity contribution < 1.29 is 22.0 Å². The van der Waals surface area contributed by atoms with E-state index in [2.05, 4.69) is 0 Å². The van der Waals surface area contributed by atoms with E-state index >= 15 is 0 Å². The first-order valence-electron chi connectivity index (χ1n) is 6.53. The highest BCUT2D eigenvalue weighted by molar-refractivity contribution is 7.89. The number of amides is 1. The number of halogens is 2. The van der Waals surface area contributed by atoms with E-state index in [9.17, 15) is 22.0 Å². The van der Waals surface area contributed by atoms with Crippen LogP contribution in [-0.2, 0) is 14.8 Å². The molecule has 1 fully saturated rings. The third-order valence-electron chi connectivity index (χ3n) is 3.41. The van der Waals surface area contributed by atoms with Crippen molar-refractivity contribution in [3.05, 3.63) is 29.8 Å². The van der Waals surface area contributed by atoms with Gasteiger partial charge in [0.15, 0.2) is 0 Å². The zero-order valence-electron chi connectivity index (χ0n) is 11.6. The maximum Gasteiger partial charge on any atom is 0.246 e. The van der Waals surface area contributed by atoms with Gasteiger partial charge in [-0.1, -0.05) is 0 Å². The van der Waals surface area contributed by atoms with Gasteiger partial charge in [-0.25, -0.2) is 17.2 Å². The van der Waals surface area contributed by atoms with Gasteiger partial charge in [0.2, 0.25) is 15.9 Å². The molecule has 1 heterocycles. The van der Waals surface area contributed by atoms with Crippen molar-refractivity contribution in [3.63, 3.8) is 0 Å². The normalized spacial score (nSPS) is 17.6. The molecule has 8 heteroatoms. The van der Waals surface area contributed by atoms with Gasteiger partial charge in [0.1, 0.15) is 16.5 Å². The Bertz CT molecular complexity index is 649. The predicted octanol–water partition coefficient (Wildman–Crippen LogP) is 1.21. The first-order chi connectivity index (χ1) is 9.82. The van der Waals surface area contributed by atoms with Crippen molar-refractivity contribution in [2.24, 2.45) is 0 Å². The Morgan fingerprint density at radius 2 is 1.86 bits per heavy atom. The second kappa shape index (κ2) is 6.07. The van der Waals surface area contributed by atoms with E-state index in [1.54, 1.807) is 4.90 Å². The van der Waals surface area contributed by atoms with Crippen molar-refractivity contribution in [3.8, 4) is 0 Å². The maximum atomic E-state index is 13.7. The van der Waals surface area contributed by atoms with Gasteiger partial charge in [-0.05, 0) is 18.6 Å². The van der Waals surface area contributed by atoms with Gasteiger partial charge in [0.25, 0.3) is 0 Å². The Kier molecular flexibility index (Phi) is 4.58. The molecule has 0 saturated carbocycles. The maximum absolute atomic E-state index is 13.7. The molecule has 0 spiro atoms. The van der Waals surface area contributed by atoms with Gasteiger partial charge in [0, 0.05) is 39.2 Å². The summed E-state index contributed by atoms with van der Waals surface area (Å²) in [5.74, 6) is -2.06. The quantitative estimate of drug-likeness (QED) is 0.823. The fourth-order valence-electron chi connectivity index (χ4n) is 2.27. The molecule has 1 aliphatic heterocycles. The standard InChI is InChI=1S/C13H16F2N2O3S/c1-10(18)16-5-2-6-17(8-7-16)21(19,20)13-4-3-11(14)9-12(13)15/h3-4,9H,2,5-8H2,1H3. The van der Waals surface area contributed by atoms with Crippen molar-refractivity contribution in [2.75, 3.05) is 26.2 Å². The molecule has 0 radical (unpaired) electrons. The fourth-order valence-corrected chi connectivity index (χ4v) is 3.79. The summed E-state index contributed by atoms with van der Waals surface area (Å²) in [6.07, 6.45) is 0.474. The second-order valence-electron chi connectivity index (χ2n) is 4.84. The molecular weight excluding hydrogens is 302 g/mol. The third-order valence-corrected chi connectivity index (χ3v) is 5.34. The lowest BCUT2D eigenvalue weighted by molar-refractivity contribution is -0.128. The fraction of sp³-hybridized carbons (Fsp3) is 0.462. The molecule has 5 nitrogen and oxygen atoms in total. The zero-order valence-corrected chi connectivity index (χ0v) is 12.4. The zero-order chi connectivity index (χ0) is 15.6. The lowest BCUT2D eigenvalue weighted by atomic mass is 10.3. The minimum Gasteiger partial charge on any atom is -0.342 e. The summed E-state index contributed by atoms with van der Waals surface area (Å²) < 4.78 is 52.5. The van der Waals surface area contributed by atoms with E-state index in [1.165, 1.54) is 6.92 Å². The smallest absolute Gasteiger partial charge is 0.246 e. The topological polar surface area (TPSA) is 57.7 Å². The van der Waals surface area contributed by atoms with E-state index in [0.717, 1.165) is 16.4 Å². The molecular formula is C13H16F2N2O3S. The van der Waals surface area contributed by atoms with Gasteiger partial charge in [-0.15, -0.1) is 0 Å². The van der Waals surface area contributed by atoms with Crippen LogP contribution in [0.4, 0.5) is 8.78 Å². The summed E-state index contributed by atoms with van der Waals surface area (Å²) in [6, 6.07) is 2.38. The van der Waals surface area contributed by atoms with Crippen molar-refractivity contribution in [1.29, 1.82) is 0 Å². The monoisotopic (exact) mass is 318 g/mol. The molecule has 116 valence electrons. The Labute approximate surface area is 122 Å². The lowest BCUT2D eigenvalue weighted by Gasteiger charge is -2.21. The summed E-state index contributed by atoms with van der Waals surface area (Å²) in [6.45, 7) is 2.44. The van der Waals surface area contributed by atoms with Crippen molar-refractivity contribution in [1.82, 2.24) is 9.21 Å². The summed E-state index contributed by atoms with van der Waals surface area (Å²) in [4.78, 5) is 12.3. The van der Waals surface area contributed by atoms with Gasteiger partial charge in [0.05, 0.1) is 0 Å². The average molecular weight is 318 g/mol. The first kappa shape index (κ1) is 15.8. The number of benzene rings is 1. The van der Waals surface area contributed by atoms with Crippen molar-refractivity contribution >= 4 is 15.9 Å². The van der Waals surface area contributed by atoms with Crippen LogP contribution in [-0.4, -0.2) is 49.7 Å². The van der Waals surface area contributed by atoms with Gasteiger partial charge in [-0.2, -0.15) is 4.31 Å². The molecule has 2 rings (SSSR count). The van der Waals surface area contributed by atoms with Crippen molar-refractivity contribution in [2.45, 2.75) is 18.2 Å². The molecule has 1 amide bonds. The van der Waals surface area contributed by atoms with Crippen LogP contribution >= 0.6 is 0 Å². The molecule has 1 aliphatic rings. The molecule has 1 saturated heterocycles. The first-order valence-corrected chi connectivity index (χ1v) is 7.97. The van der Waals surface area contributed by atoms with Crippen LogP contribution < -0.4 is 0 Å². The largest absolute Gasteiger partial charge is 0.342 e. The number of nitrogens with zero attached hydrogens (tertiary/aromatic N) is 2. The van der Waals surface area contributed by atoms with Crippen LogP contribution in [0.15, 0.2) is 23.1 Å². The van der Waals surface area contributed by atoms with Crippen LogP contribution in [0.3, 0.4) is 0 Å².